The number of aromatic amines is 1. The van der Waals surface area contributed by atoms with E-state index >= 15 is 0 Å². The largest absolute Gasteiger partial charge is 0.356 e. The van der Waals surface area contributed by atoms with E-state index in [9.17, 15) is 13.2 Å². The summed E-state index contributed by atoms with van der Waals surface area (Å²) >= 11 is 12.7. The molecule has 2 atom stereocenters. The molecule has 2 unspecified atom stereocenters. The van der Waals surface area contributed by atoms with Crippen molar-refractivity contribution in [3.63, 3.8) is 0 Å². The van der Waals surface area contributed by atoms with Crippen molar-refractivity contribution in [3.05, 3.63) is 136 Å². The van der Waals surface area contributed by atoms with Crippen LogP contribution in [0.4, 0.5) is 0 Å². The van der Waals surface area contributed by atoms with E-state index in [4.69, 9.17) is 23.2 Å². The number of halogens is 2. The van der Waals surface area contributed by atoms with E-state index in [0.717, 1.165) is 33.3 Å². The van der Waals surface area contributed by atoms with Gasteiger partial charge in [0.1, 0.15) is 0 Å². The molecule has 4 aromatic carbocycles. The van der Waals surface area contributed by atoms with Crippen LogP contribution in [0.25, 0.3) is 10.9 Å². The van der Waals surface area contributed by atoms with Gasteiger partial charge in [-0.3, -0.25) is 4.79 Å². The maximum Gasteiger partial charge on any atom is 0.243 e. The Bertz CT molecular complexity index is 1860. The molecule has 9 heteroatoms. The lowest BCUT2D eigenvalue weighted by atomic mass is 9.83. The van der Waals surface area contributed by atoms with Crippen LogP contribution in [-0.4, -0.2) is 41.6 Å². The van der Waals surface area contributed by atoms with Gasteiger partial charge in [0.15, 0.2) is 0 Å². The molecule has 42 heavy (non-hydrogen) atoms. The van der Waals surface area contributed by atoms with Crippen molar-refractivity contribution < 1.29 is 13.2 Å². The first-order chi connectivity index (χ1) is 20.2. The number of aromatic nitrogens is 1. The topological polar surface area (TPSA) is 73.5 Å². The zero-order valence-corrected chi connectivity index (χ0v) is 25.2. The van der Waals surface area contributed by atoms with Crippen molar-refractivity contribution in [1.82, 2.24) is 14.2 Å². The normalized spacial score (nSPS) is 17.0. The highest BCUT2D eigenvalue weighted by atomic mass is 35.5. The molecule has 0 aliphatic carbocycles. The van der Waals surface area contributed by atoms with Crippen LogP contribution < -0.4 is 0 Å². The van der Waals surface area contributed by atoms with E-state index in [-0.39, 0.29) is 35.9 Å². The van der Waals surface area contributed by atoms with Crippen molar-refractivity contribution in [1.29, 1.82) is 0 Å². The minimum Gasteiger partial charge on any atom is -0.356 e. The molecule has 6 rings (SSSR count). The number of fused-ring (bicyclic) bond motifs is 3. The minimum absolute atomic E-state index is 0.0470. The summed E-state index contributed by atoms with van der Waals surface area (Å²) in [5.74, 6) is -0.488. The van der Waals surface area contributed by atoms with Gasteiger partial charge in [-0.1, -0.05) is 89.9 Å². The van der Waals surface area contributed by atoms with E-state index in [1.807, 2.05) is 79.7 Å². The number of benzene rings is 4. The maximum atomic E-state index is 14.2. The Morgan fingerprint density at radius 2 is 1.57 bits per heavy atom. The number of amides is 1. The van der Waals surface area contributed by atoms with Crippen molar-refractivity contribution in [3.8, 4) is 0 Å². The van der Waals surface area contributed by atoms with Crippen molar-refractivity contribution in [2.45, 2.75) is 30.3 Å². The lowest BCUT2D eigenvalue weighted by molar-refractivity contribution is -0.134. The molecule has 1 aromatic heterocycles. The van der Waals surface area contributed by atoms with E-state index in [2.05, 4.69) is 11.1 Å². The van der Waals surface area contributed by atoms with Crippen LogP contribution in [0.5, 0.6) is 0 Å². The molecule has 0 radical (unpaired) electrons. The number of carbonyl (C=O) groups excluding carboxylic acids is 1. The minimum atomic E-state index is -4.02. The molecule has 1 aliphatic rings. The maximum absolute atomic E-state index is 14.2. The Morgan fingerprint density at radius 1 is 0.905 bits per heavy atom. The predicted molar refractivity (Wildman–Crippen MR) is 167 cm³/mol. The van der Waals surface area contributed by atoms with Crippen LogP contribution in [0.1, 0.15) is 41.3 Å². The van der Waals surface area contributed by atoms with Crippen molar-refractivity contribution in [2.24, 2.45) is 0 Å². The molecule has 214 valence electrons. The molecule has 1 amide bonds. The molecular weight excluding hydrogens is 589 g/mol. The number of hydrogen-bond acceptors (Lipinski definition) is 3. The Hall–Kier alpha value is -3.62. The van der Waals surface area contributed by atoms with Crippen LogP contribution in [0, 0.1) is 0 Å². The van der Waals surface area contributed by atoms with Crippen molar-refractivity contribution >= 4 is 50.0 Å². The van der Waals surface area contributed by atoms with Gasteiger partial charge in [-0.25, -0.2) is 8.42 Å². The summed E-state index contributed by atoms with van der Waals surface area (Å²) < 4.78 is 29.0. The summed E-state index contributed by atoms with van der Waals surface area (Å²) in [6.45, 7) is 2.06. The van der Waals surface area contributed by atoms with Gasteiger partial charge in [-0.15, -0.1) is 0 Å². The summed E-state index contributed by atoms with van der Waals surface area (Å²) in [5.41, 5.74) is 4.73. The van der Waals surface area contributed by atoms with Crippen LogP contribution in [0.2, 0.25) is 10.0 Å². The molecule has 5 aromatic rings. The van der Waals surface area contributed by atoms with Crippen molar-refractivity contribution in [2.75, 3.05) is 13.1 Å². The molecule has 0 fully saturated rings. The number of hydrogen-bond donors (Lipinski definition) is 1. The average Bonchev–Trinajstić information content (AvgIpc) is 3.39. The monoisotopic (exact) mass is 617 g/mol. The molecule has 0 spiro atoms. The third-order valence-corrected chi connectivity index (χ3v) is 10.4. The summed E-state index contributed by atoms with van der Waals surface area (Å²) in [4.78, 5) is 19.6. The zero-order valence-electron chi connectivity index (χ0n) is 22.9. The second kappa shape index (κ2) is 11.6. The standard InChI is InChI=1S/C33H29Cl2N3O3S/c1-22-33-32(27-12-6-8-14-30(27)36-33)28(26-11-5-7-13-29(26)35)20-38(22)31(39)21-37(19-23-9-3-2-4-10-23)42(40,41)25-17-15-24(34)16-18-25/h2-18,22,28,36H,19-21H2,1H3. The second-order valence-corrected chi connectivity index (χ2v) is 13.3. The van der Waals surface area contributed by atoms with Gasteiger partial charge in [-0.05, 0) is 60.0 Å². The molecule has 1 N–H and O–H groups in total. The summed E-state index contributed by atoms with van der Waals surface area (Å²) in [5, 5.41) is 2.14. The number of nitrogens with one attached hydrogen (secondary N) is 1. The molecular formula is C33H29Cl2N3O3S. The second-order valence-electron chi connectivity index (χ2n) is 10.5. The van der Waals surface area contributed by atoms with Gasteiger partial charge >= 0.3 is 0 Å². The lowest BCUT2D eigenvalue weighted by Gasteiger charge is -2.39. The Labute approximate surface area is 255 Å². The van der Waals surface area contributed by atoms with Crippen LogP contribution in [-0.2, 0) is 21.4 Å². The fourth-order valence-corrected chi connectivity index (χ4v) is 7.60. The van der Waals surface area contributed by atoms with Gasteiger partial charge in [0.2, 0.25) is 15.9 Å². The Balaban J connectivity index is 1.39. The zero-order chi connectivity index (χ0) is 29.4. The van der Waals surface area contributed by atoms with Crippen LogP contribution >= 0.6 is 23.2 Å². The molecule has 2 heterocycles. The molecule has 6 nitrogen and oxygen atoms in total. The number of carbonyl (C=O) groups is 1. The third-order valence-electron chi connectivity index (χ3n) is 7.96. The number of sulfonamides is 1. The van der Waals surface area contributed by atoms with Crippen LogP contribution in [0.3, 0.4) is 0 Å². The van der Waals surface area contributed by atoms with Gasteiger partial charge in [0.25, 0.3) is 0 Å². The highest BCUT2D eigenvalue weighted by molar-refractivity contribution is 7.89. The first kappa shape index (κ1) is 28.5. The van der Waals surface area contributed by atoms with E-state index in [0.29, 0.717) is 16.6 Å². The van der Waals surface area contributed by atoms with Gasteiger partial charge in [0.05, 0.1) is 17.5 Å². The molecule has 0 bridgehead atoms. The van der Waals surface area contributed by atoms with Gasteiger partial charge < -0.3 is 9.88 Å². The van der Waals surface area contributed by atoms with E-state index < -0.39 is 10.0 Å². The quantitative estimate of drug-likeness (QED) is 0.207. The Morgan fingerprint density at radius 3 is 2.31 bits per heavy atom. The molecule has 1 aliphatic heterocycles. The molecule has 0 saturated heterocycles. The number of nitrogens with zero attached hydrogens (tertiary/aromatic N) is 2. The van der Waals surface area contributed by atoms with E-state index in [1.54, 1.807) is 4.90 Å². The fourth-order valence-electron chi connectivity index (χ4n) is 5.83. The summed E-state index contributed by atoms with van der Waals surface area (Å²) in [6.07, 6.45) is 0. The smallest absolute Gasteiger partial charge is 0.243 e. The first-order valence-electron chi connectivity index (χ1n) is 13.7. The predicted octanol–water partition coefficient (Wildman–Crippen LogP) is 7.40. The van der Waals surface area contributed by atoms with E-state index in [1.165, 1.54) is 28.6 Å². The SMILES string of the molecule is CC1c2[nH]c3ccccc3c2C(c2ccccc2Cl)CN1C(=O)CN(Cc1ccccc1)S(=O)(=O)c1ccc(Cl)cc1. The third kappa shape index (κ3) is 5.34. The molecule has 0 saturated carbocycles. The highest BCUT2D eigenvalue weighted by Crippen LogP contribution is 2.44. The lowest BCUT2D eigenvalue weighted by Crippen LogP contribution is -2.47. The number of H-pyrrole nitrogens is 1. The Kier molecular flexibility index (Phi) is 7.85. The summed E-state index contributed by atoms with van der Waals surface area (Å²) in [6, 6.07) is 30.7. The number of rotatable bonds is 7. The van der Waals surface area contributed by atoms with Crippen LogP contribution in [0.15, 0.2) is 108 Å². The summed E-state index contributed by atoms with van der Waals surface area (Å²) in [7, 11) is -4.02. The number of para-hydroxylation sites is 1. The average molecular weight is 619 g/mol. The first-order valence-corrected chi connectivity index (χ1v) is 15.9. The fraction of sp³-hybridized carbons (Fsp3) is 0.182. The van der Waals surface area contributed by atoms with Gasteiger partial charge in [0, 0.05) is 45.6 Å². The highest BCUT2D eigenvalue weighted by Gasteiger charge is 2.39. The van der Waals surface area contributed by atoms with Gasteiger partial charge in [-0.2, -0.15) is 4.31 Å².